The van der Waals surface area contributed by atoms with E-state index >= 15 is 0 Å². The fourth-order valence-electron chi connectivity index (χ4n) is 0. The minimum atomic E-state index is -0.750. The molecule has 0 N–H and O–H groups in total. The van der Waals surface area contributed by atoms with Crippen molar-refractivity contribution in [3.8, 4) is 0 Å². The zero-order valence-corrected chi connectivity index (χ0v) is 7.61. The summed E-state index contributed by atoms with van der Waals surface area (Å²) in [7, 11) is 0. The summed E-state index contributed by atoms with van der Waals surface area (Å²) in [6.07, 6.45) is 0. The van der Waals surface area contributed by atoms with E-state index in [9.17, 15) is 0 Å². The van der Waals surface area contributed by atoms with Gasteiger partial charge < -0.3 is 26.2 Å². The van der Waals surface area contributed by atoms with E-state index in [1.54, 1.807) is 0 Å². The molecule has 0 aliphatic carbocycles. The molecule has 0 aromatic rings. The minimum absolute atomic E-state index is 0. The van der Waals surface area contributed by atoms with Crippen LogP contribution in [0.1, 0.15) is 0 Å². The van der Waals surface area contributed by atoms with Gasteiger partial charge in [-0.2, -0.15) is 0 Å². The van der Waals surface area contributed by atoms with E-state index in [0.29, 0.717) is 0 Å². The molecule has 7 heavy (non-hydrogen) atoms. The van der Waals surface area contributed by atoms with E-state index in [1.165, 1.54) is 0 Å². The van der Waals surface area contributed by atoms with Crippen molar-refractivity contribution in [3.63, 3.8) is 0 Å². The maximum Gasteiger partial charge on any atom is 2.00 e. The fourth-order valence-corrected chi connectivity index (χ4v) is 0. The predicted molar refractivity (Wildman–Crippen MR) is 16.3 cm³/mol. The summed E-state index contributed by atoms with van der Waals surface area (Å²) in [4.78, 5) is 8.00. The zero-order chi connectivity index (χ0) is 4.71. The van der Waals surface area contributed by atoms with Gasteiger partial charge in [-0.25, -0.2) is 0 Å². The molecule has 0 unspecified atom stereocenters. The molecule has 0 saturated heterocycles. The molecule has 3 nitrogen and oxygen atoms in total. The Labute approximate surface area is 79.0 Å². The van der Waals surface area contributed by atoms with Gasteiger partial charge in [0.25, 0.3) is 0 Å². The van der Waals surface area contributed by atoms with Gasteiger partial charge in [0.1, 0.15) is 6.79 Å². The zero-order valence-electron chi connectivity index (χ0n) is 3.69. The molecule has 0 radical (unpaired) electrons. The topological polar surface area (TPSA) is 63.2 Å². The van der Waals surface area contributed by atoms with Crippen LogP contribution in [0.25, 0.3) is 0 Å². The van der Waals surface area contributed by atoms with Crippen molar-refractivity contribution >= 4 is 19.1 Å². The quantitative estimate of drug-likeness (QED) is 0.286. The van der Waals surface area contributed by atoms with Crippen LogP contribution in [0.3, 0.4) is 0 Å². The second-order valence-electron chi connectivity index (χ2n) is 0.0680. The fraction of sp³-hybridized carbons (Fsp3) is 0. The SMILES string of the molecule is C=O.[Fe+2].[Na+].[O-]S[O-]. The van der Waals surface area contributed by atoms with E-state index in [1.807, 2.05) is 6.79 Å². The first kappa shape index (κ1) is 23.7. The Hall–Kier alpha value is 1.46. The van der Waals surface area contributed by atoms with Gasteiger partial charge in [-0.05, 0) is 0 Å². The molecule has 0 heterocycles. The number of hydrogen-bond acceptors (Lipinski definition) is 4. The van der Waals surface area contributed by atoms with E-state index in [2.05, 4.69) is 0 Å². The number of carbonyl (C=O) groups is 1. The average Bonchev–Trinajstić information content (AvgIpc) is 1.46. The van der Waals surface area contributed by atoms with Crippen LogP contribution >= 0.6 is 12.3 Å². The summed E-state index contributed by atoms with van der Waals surface area (Å²) in [5, 5.41) is 0. The normalized spacial score (nSPS) is 3.14. The van der Waals surface area contributed by atoms with Crippen LogP contribution in [-0.4, -0.2) is 15.9 Å². The van der Waals surface area contributed by atoms with E-state index in [4.69, 9.17) is 13.9 Å². The Morgan fingerprint density at radius 1 is 1.29 bits per heavy atom. The molecule has 0 aromatic carbocycles. The van der Waals surface area contributed by atoms with Gasteiger partial charge in [0.15, 0.2) is 0 Å². The Balaban J connectivity index is -0.0000000105. The standard InChI is InChI=1S/CH2O.Fe.Na.H2O2S/c1-2;;;1-3-2/h1H2;;;1-2H/q;+2;+1;/p-2. The van der Waals surface area contributed by atoms with Crippen molar-refractivity contribution in [2.75, 3.05) is 0 Å². The van der Waals surface area contributed by atoms with Crippen LogP contribution in [0.4, 0.5) is 0 Å². The Bertz CT molecular complexity index is 18.9. The second-order valence-corrected chi connectivity index (χ2v) is 0.204. The molecule has 0 aromatic heterocycles. The Kier molecular flexibility index (Phi) is 174. The van der Waals surface area contributed by atoms with Crippen molar-refractivity contribution < 1.29 is 60.5 Å². The molecule has 0 aliphatic heterocycles. The number of carbonyl (C=O) groups excluding carboxylic acids is 1. The van der Waals surface area contributed by atoms with Crippen molar-refractivity contribution in [2.45, 2.75) is 0 Å². The number of hydrogen-bond donors (Lipinski definition) is 0. The second kappa shape index (κ2) is 51.5. The van der Waals surface area contributed by atoms with Crippen LogP contribution in [0.2, 0.25) is 0 Å². The monoisotopic (exact) mass is 173 g/mol. The molecular formula is CH2FeNaO3S+. The summed E-state index contributed by atoms with van der Waals surface area (Å²) in [5.74, 6) is 0. The smallest absolute Gasteiger partial charge is 0.811 e. The van der Waals surface area contributed by atoms with Crippen molar-refractivity contribution in [3.05, 3.63) is 0 Å². The van der Waals surface area contributed by atoms with Gasteiger partial charge in [-0.15, -0.1) is 0 Å². The minimum Gasteiger partial charge on any atom is -0.811 e. The van der Waals surface area contributed by atoms with Gasteiger partial charge in [-0.1, -0.05) is 0 Å². The van der Waals surface area contributed by atoms with Crippen LogP contribution in [0.5, 0.6) is 0 Å². The van der Waals surface area contributed by atoms with E-state index in [0.717, 1.165) is 0 Å². The van der Waals surface area contributed by atoms with Crippen LogP contribution < -0.4 is 29.6 Å². The van der Waals surface area contributed by atoms with E-state index < -0.39 is 12.3 Å². The van der Waals surface area contributed by atoms with Crippen molar-refractivity contribution in [2.24, 2.45) is 0 Å². The third kappa shape index (κ3) is 104. The summed E-state index contributed by atoms with van der Waals surface area (Å²) in [5.41, 5.74) is 0. The summed E-state index contributed by atoms with van der Waals surface area (Å²) in [6.45, 7) is 2.00. The van der Waals surface area contributed by atoms with Crippen molar-refractivity contribution in [1.29, 1.82) is 0 Å². The molecular weight excluding hydrogens is 171 g/mol. The predicted octanol–water partition coefficient (Wildman–Crippen LogP) is -3.20. The van der Waals surface area contributed by atoms with Gasteiger partial charge in [0, 0.05) is 0 Å². The van der Waals surface area contributed by atoms with E-state index in [-0.39, 0.29) is 46.6 Å². The molecule has 0 atom stereocenters. The molecule has 0 fully saturated rings. The first-order valence-electron chi connectivity index (χ1n) is 0.622. The molecule has 0 saturated carbocycles. The molecule has 0 bridgehead atoms. The van der Waals surface area contributed by atoms with Crippen LogP contribution in [0, 0.1) is 0 Å². The maximum absolute atomic E-state index is 8.29. The summed E-state index contributed by atoms with van der Waals surface area (Å²) in [6, 6.07) is 0. The molecule has 38 valence electrons. The van der Waals surface area contributed by atoms with Crippen molar-refractivity contribution in [1.82, 2.24) is 0 Å². The Morgan fingerprint density at radius 3 is 1.29 bits per heavy atom. The van der Waals surface area contributed by atoms with Gasteiger partial charge in [-0.3, -0.25) is 0 Å². The maximum atomic E-state index is 8.29. The largest absolute Gasteiger partial charge is 2.00 e. The summed E-state index contributed by atoms with van der Waals surface area (Å²) >= 11 is -0.750. The third-order valence-corrected chi connectivity index (χ3v) is 0. The van der Waals surface area contributed by atoms with Crippen LogP contribution in [-0.2, 0) is 21.9 Å². The average molecular weight is 173 g/mol. The molecule has 6 heteroatoms. The molecule has 0 aliphatic rings. The first-order chi connectivity index (χ1) is 2.41. The Morgan fingerprint density at radius 2 is 1.29 bits per heavy atom. The number of rotatable bonds is 0. The third-order valence-electron chi connectivity index (χ3n) is 0. The van der Waals surface area contributed by atoms with Crippen LogP contribution in [0.15, 0.2) is 0 Å². The first-order valence-corrected chi connectivity index (χ1v) is 1.29. The summed E-state index contributed by atoms with van der Waals surface area (Å²) < 4.78 is 16.6. The van der Waals surface area contributed by atoms with Gasteiger partial charge in [0.05, 0.1) is 0 Å². The van der Waals surface area contributed by atoms with Gasteiger partial charge >= 0.3 is 46.6 Å². The van der Waals surface area contributed by atoms with Gasteiger partial charge in [0.2, 0.25) is 0 Å². The molecule has 0 spiro atoms. The molecule has 0 rings (SSSR count). The molecule has 0 amide bonds.